The van der Waals surface area contributed by atoms with E-state index in [9.17, 15) is 0 Å². The molecule has 0 saturated carbocycles. The highest BCUT2D eigenvalue weighted by Crippen LogP contribution is 2.21. The van der Waals surface area contributed by atoms with Gasteiger partial charge in [0.2, 0.25) is 5.13 Å². The summed E-state index contributed by atoms with van der Waals surface area (Å²) in [4.78, 5) is 8.82. The van der Waals surface area contributed by atoms with E-state index in [-0.39, 0.29) is 0 Å². The van der Waals surface area contributed by atoms with Crippen LogP contribution >= 0.6 is 11.5 Å². The van der Waals surface area contributed by atoms with Crippen molar-refractivity contribution in [3.8, 4) is 5.13 Å². The zero-order valence-corrected chi connectivity index (χ0v) is 9.89. The Labute approximate surface area is 102 Å². The van der Waals surface area contributed by atoms with Crippen LogP contribution in [0.5, 0.6) is 0 Å². The first-order chi connectivity index (χ1) is 8.40. The molecule has 1 aromatic carbocycles. The lowest BCUT2D eigenvalue weighted by molar-refractivity contribution is 0.844. The number of nitrogens with zero attached hydrogens (tertiary/aromatic N) is 4. The average molecular weight is 245 g/mol. The Kier molecular flexibility index (Phi) is 2.58. The number of aromatic nitrogens is 4. The average Bonchev–Trinajstić information content (AvgIpc) is 2.94. The van der Waals surface area contributed by atoms with Crippen molar-refractivity contribution in [2.45, 2.75) is 6.42 Å². The molecule has 0 spiro atoms. The minimum atomic E-state index is 0.572. The van der Waals surface area contributed by atoms with Crippen LogP contribution in [0, 0.1) is 0 Å². The second kappa shape index (κ2) is 4.23. The molecule has 0 aliphatic rings. The van der Waals surface area contributed by atoms with Crippen LogP contribution in [0.25, 0.3) is 16.2 Å². The van der Waals surface area contributed by atoms with E-state index in [2.05, 4.69) is 14.3 Å². The highest BCUT2D eigenvalue weighted by atomic mass is 32.1. The Balaban J connectivity index is 2.28. The molecule has 0 unspecified atom stereocenters. The minimum absolute atomic E-state index is 0.572. The van der Waals surface area contributed by atoms with Crippen molar-refractivity contribution in [2.75, 3.05) is 6.54 Å². The lowest BCUT2D eigenvalue weighted by atomic mass is 10.3. The fraction of sp³-hybridized carbons (Fsp3) is 0.182. The molecular formula is C11H11N5S. The maximum absolute atomic E-state index is 5.62. The Morgan fingerprint density at radius 2 is 2.18 bits per heavy atom. The van der Waals surface area contributed by atoms with Crippen molar-refractivity contribution in [1.29, 1.82) is 0 Å². The van der Waals surface area contributed by atoms with Crippen LogP contribution < -0.4 is 5.73 Å². The Bertz CT molecular complexity index is 628. The molecule has 86 valence electrons. The Morgan fingerprint density at radius 1 is 1.29 bits per heavy atom. The van der Waals surface area contributed by atoms with Crippen molar-refractivity contribution in [3.05, 3.63) is 36.4 Å². The Morgan fingerprint density at radius 3 is 2.94 bits per heavy atom. The van der Waals surface area contributed by atoms with Gasteiger partial charge in [-0.15, -0.1) is 0 Å². The van der Waals surface area contributed by atoms with Gasteiger partial charge in [-0.25, -0.2) is 9.97 Å². The van der Waals surface area contributed by atoms with Gasteiger partial charge in [0, 0.05) is 18.0 Å². The predicted octanol–water partition coefficient (Wildman–Crippen LogP) is 1.38. The third kappa shape index (κ3) is 1.71. The van der Waals surface area contributed by atoms with E-state index in [1.807, 2.05) is 28.8 Å². The highest BCUT2D eigenvalue weighted by molar-refractivity contribution is 7.08. The number of rotatable bonds is 3. The molecule has 0 fully saturated rings. The third-order valence-electron chi connectivity index (χ3n) is 2.54. The lowest BCUT2D eigenvalue weighted by Crippen LogP contribution is -2.08. The van der Waals surface area contributed by atoms with E-state index in [1.165, 1.54) is 11.5 Å². The van der Waals surface area contributed by atoms with Crippen LogP contribution in [0.15, 0.2) is 30.6 Å². The summed E-state index contributed by atoms with van der Waals surface area (Å²) in [6.45, 7) is 0.572. The van der Waals surface area contributed by atoms with Crippen LogP contribution in [-0.2, 0) is 6.42 Å². The summed E-state index contributed by atoms with van der Waals surface area (Å²) in [5.41, 5.74) is 7.63. The first kappa shape index (κ1) is 10.4. The largest absolute Gasteiger partial charge is 0.330 e. The number of hydrogen-bond donors (Lipinski definition) is 1. The molecule has 2 N–H and O–H groups in total. The van der Waals surface area contributed by atoms with Crippen molar-refractivity contribution in [2.24, 2.45) is 5.73 Å². The molecule has 0 aliphatic carbocycles. The molecule has 3 rings (SSSR count). The van der Waals surface area contributed by atoms with Crippen molar-refractivity contribution < 1.29 is 0 Å². The Hall–Kier alpha value is -1.79. The second-order valence-electron chi connectivity index (χ2n) is 3.61. The van der Waals surface area contributed by atoms with Gasteiger partial charge in [0.05, 0.1) is 11.0 Å². The van der Waals surface area contributed by atoms with E-state index >= 15 is 0 Å². The molecule has 0 amide bonds. The molecule has 0 saturated heterocycles. The van der Waals surface area contributed by atoms with E-state index in [0.717, 1.165) is 28.4 Å². The van der Waals surface area contributed by atoms with Gasteiger partial charge in [-0.2, -0.15) is 4.37 Å². The van der Waals surface area contributed by atoms with E-state index in [4.69, 9.17) is 5.73 Å². The standard InChI is InChI=1S/C11H11N5S/c12-6-5-10-15-8-3-1-2-4-9(8)16(10)11-13-7-14-17-11/h1-4,7H,5-6,12H2. The minimum Gasteiger partial charge on any atom is -0.330 e. The maximum atomic E-state index is 5.62. The smallest absolute Gasteiger partial charge is 0.215 e. The summed E-state index contributed by atoms with van der Waals surface area (Å²) in [5.74, 6) is 0.936. The summed E-state index contributed by atoms with van der Waals surface area (Å²) in [6, 6.07) is 8.00. The number of para-hydroxylation sites is 2. The molecule has 0 atom stereocenters. The summed E-state index contributed by atoms with van der Waals surface area (Å²) in [5, 5.41) is 0.835. The molecule has 2 aromatic heterocycles. The number of hydrogen-bond acceptors (Lipinski definition) is 5. The summed E-state index contributed by atoms with van der Waals surface area (Å²) >= 11 is 1.36. The normalized spacial score (nSPS) is 11.1. The van der Waals surface area contributed by atoms with Crippen molar-refractivity contribution in [1.82, 2.24) is 18.9 Å². The zero-order valence-electron chi connectivity index (χ0n) is 9.08. The van der Waals surface area contributed by atoms with E-state index in [0.29, 0.717) is 6.54 Å². The predicted molar refractivity (Wildman–Crippen MR) is 67.3 cm³/mol. The third-order valence-corrected chi connectivity index (χ3v) is 3.19. The fourth-order valence-electron chi connectivity index (χ4n) is 1.85. The quantitative estimate of drug-likeness (QED) is 0.756. The summed E-state index contributed by atoms with van der Waals surface area (Å²) in [6.07, 6.45) is 2.29. The fourth-order valence-corrected chi connectivity index (χ4v) is 2.42. The van der Waals surface area contributed by atoms with Gasteiger partial charge in [0.25, 0.3) is 0 Å². The number of imidazole rings is 1. The highest BCUT2D eigenvalue weighted by Gasteiger charge is 2.13. The number of nitrogens with two attached hydrogens (primary N) is 1. The van der Waals surface area contributed by atoms with Crippen LogP contribution in [-0.4, -0.2) is 25.5 Å². The molecule has 3 aromatic rings. The van der Waals surface area contributed by atoms with Gasteiger partial charge in [0.15, 0.2) is 0 Å². The molecule has 5 nitrogen and oxygen atoms in total. The van der Waals surface area contributed by atoms with E-state index < -0.39 is 0 Å². The van der Waals surface area contributed by atoms with Crippen molar-refractivity contribution in [3.63, 3.8) is 0 Å². The van der Waals surface area contributed by atoms with Crippen LogP contribution in [0.2, 0.25) is 0 Å². The first-order valence-electron chi connectivity index (χ1n) is 5.33. The zero-order chi connectivity index (χ0) is 11.7. The SMILES string of the molecule is NCCc1nc2ccccc2n1-c1ncns1. The molecule has 0 radical (unpaired) electrons. The monoisotopic (exact) mass is 245 g/mol. The molecule has 6 heteroatoms. The van der Waals surface area contributed by atoms with Crippen molar-refractivity contribution >= 4 is 22.6 Å². The van der Waals surface area contributed by atoms with Gasteiger partial charge in [0.1, 0.15) is 12.2 Å². The lowest BCUT2D eigenvalue weighted by Gasteiger charge is -2.03. The molecule has 0 aliphatic heterocycles. The van der Waals surface area contributed by atoms with Gasteiger partial charge in [-0.05, 0) is 18.7 Å². The topological polar surface area (TPSA) is 69.6 Å². The van der Waals surface area contributed by atoms with Gasteiger partial charge in [-0.1, -0.05) is 12.1 Å². The van der Waals surface area contributed by atoms with E-state index in [1.54, 1.807) is 6.33 Å². The summed E-state index contributed by atoms with van der Waals surface area (Å²) < 4.78 is 6.06. The first-order valence-corrected chi connectivity index (χ1v) is 6.11. The molecule has 17 heavy (non-hydrogen) atoms. The summed E-state index contributed by atoms with van der Waals surface area (Å²) in [7, 11) is 0. The van der Waals surface area contributed by atoms with Crippen LogP contribution in [0.4, 0.5) is 0 Å². The molecule has 2 heterocycles. The maximum Gasteiger partial charge on any atom is 0.215 e. The number of benzene rings is 1. The van der Waals surface area contributed by atoms with Gasteiger partial charge < -0.3 is 5.73 Å². The van der Waals surface area contributed by atoms with Gasteiger partial charge >= 0.3 is 0 Å². The van der Waals surface area contributed by atoms with Gasteiger partial charge in [-0.3, -0.25) is 4.57 Å². The molecular weight excluding hydrogens is 234 g/mol. The van der Waals surface area contributed by atoms with Crippen LogP contribution in [0.1, 0.15) is 5.82 Å². The molecule has 0 bridgehead atoms. The second-order valence-corrected chi connectivity index (χ2v) is 4.37. The number of fused-ring (bicyclic) bond motifs is 1. The van der Waals surface area contributed by atoms with Crippen LogP contribution in [0.3, 0.4) is 0 Å².